The number of ether oxygens (including phenoxy) is 2. The van der Waals surface area contributed by atoms with Crippen molar-refractivity contribution in [3.8, 4) is 22.5 Å². The maximum Gasteiger partial charge on any atom is 0.116 e. The molecule has 2 aromatic heterocycles. The van der Waals surface area contributed by atoms with E-state index < -0.39 is 0 Å². The summed E-state index contributed by atoms with van der Waals surface area (Å²) in [6.45, 7) is 7.80. The highest BCUT2D eigenvalue weighted by Crippen LogP contribution is 2.29. The van der Waals surface area contributed by atoms with Crippen molar-refractivity contribution >= 4 is 0 Å². The molecule has 1 saturated heterocycles. The van der Waals surface area contributed by atoms with Crippen molar-refractivity contribution in [1.82, 2.24) is 30.0 Å². The van der Waals surface area contributed by atoms with Gasteiger partial charge in [0.1, 0.15) is 11.4 Å². The maximum absolute atomic E-state index is 5.79. The molecule has 1 aliphatic rings. The van der Waals surface area contributed by atoms with E-state index in [2.05, 4.69) is 64.8 Å². The predicted octanol–water partition coefficient (Wildman–Crippen LogP) is 4.18. The SMILES string of the molecule is CCc1cc(-c2nnn(CCC3COCCO3)c2CC)ccc1-c1cn(Cc2ccccc2)nn1. The predicted molar refractivity (Wildman–Crippen MR) is 134 cm³/mol. The molecular formula is C27H32N6O2. The molecule has 0 amide bonds. The van der Waals surface area contributed by atoms with Crippen molar-refractivity contribution in [2.45, 2.75) is 52.3 Å². The number of hydrogen-bond acceptors (Lipinski definition) is 6. The molecule has 0 N–H and O–H groups in total. The zero-order chi connectivity index (χ0) is 24.0. The van der Waals surface area contributed by atoms with Gasteiger partial charge in [-0.05, 0) is 36.5 Å². The van der Waals surface area contributed by atoms with E-state index in [1.165, 1.54) is 11.1 Å². The van der Waals surface area contributed by atoms with Gasteiger partial charge in [0, 0.05) is 17.7 Å². The van der Waals surface area contributed by atoms with Crippen LogP contribution in [0.1, 0.15) is 37.1 Å². The molecule has 4 aromatic rings. The Labute approximate surface area is 205 Å². The molecular weight excluding hydrogens is 440 g/mol. The van der Waals surface area contributed by atoms with Crippen LogP contribution in [0.4, 0.5) is 0 Å². The summed E-state index contributed by atoms with van der Waals surface area (Å²) >= 11 is 0. The van der Waals surface area contributed by atoms with Gasteiger partial charge in [0.05, 0.1) is 44.4 Å². The third kappa shape index (κ3) is 5.33. The van der Waals surface area contributed by atoms with Crippen LogP contribution in [-0.2, 0) is 35.4 Å². The second-order valence-corrected chi connectivity index (χ2v) is 8.83. The van der Waals surface area contributed by atoms with Crippen LogP contribution >= 0.6 is 0 Å². The number of aromatic nitrogens is 6. The topological polar surface area (TPSA) is 79.9 Å². The van der Waals surface area contributed by atoms with Crippen LogP contribution in [-0.4, -0.2) is 55.9 Å². The highest BCUT2D eigenvalue weighted by Gasteiger charge is 2.19. The molecule has 1 fully saturated rings. The lowest BCUT2D eigenvalue weighted by molar-refractivity contribution is -0.0920. The van der Waals surface area contributed by atoms with Gasteiger partial charge in [0.2, 0.25) is 0 Å². The largest absolute Gasteiger partial charge is 0.376 e. The summed E-state index contributed by atoms with van der Waals surface area (Å²) in [4.78, 5) is 0. The molecule has 8 heteroatoms. The number of rotatable bonds is 9. The third-order valence-electron chi connectivity index (χ3n) is 6.48. The van der Waals surface area contributed by atoms with Crippen molar-refractivity contribution < 1.29 is 9.47 Å². The van der Waals surface area contributed by atoms with Gasteiger partial charge in [-0.15, -0.1) is 10.2 Å². The smallest absolute Gasteiger partial charge is 0.116 e. The highest BCUT2D eigenvalue weighted by molar-refractivity contribution is 5.71. The van der Waals surface area contributed by atoms with Gasteiger partial charge in [-0.3, -0.25) is 0 Å². The van der Waals surface area contributed by atoms with E-state index in [1.54, 1.807) is 0 Å². The molecule has 3 heterocycles. The molecule has 0 spiro atoms. The van der Waals surface area contributed by atoms with E-state index in [-0.39, 0.29) is 6.10 Å². The zero-order valence-corrected chi connectivity index (χ0v) is 20.4. The summed E-state index contributed by atoms with van der Waals surface area (Å²) < 4.78 is 15.2. The Morgan fingerprint density at radius 3 is 2.63 bits per heavy atom. The lowest BCUT2D eigenvalue weighted by Crippen LogP contribution is -2.29. The molecule has 1 unspecified atom stereocenters. The number of nitrogens with zero attached hydrogens (tertiary/aromatic N) is 6. The van der Waals surface area contributed by atoms with Crippen LogP contribution in [0.25, 0.3) is 22.5 Å². The van der Waals surface area contributed by atoms with Crippen LogP contribution in [0.2, 0.25) is 0 Å². The van der Waals surface area contributed by atoms with Gasteiger partial charge in [-0.2, -0.15) is 0 Å². The minimum atomic E-state index is 0.127. The molecule has 0 aliphatic carbocycles. The van der Waals surface area contributed by atoms with Gasteiger partial charge < -0.3 is 9.47 Å². The lowest BCUT2D eigenvalue weighted by atomic mass is 9.97. The van der Waals surface area contributed by atoms with Crippen molar-refractivity contribution in [2.24, 2.45) is 0 Å². The Bertz CT molecular complexity index is 1240. The Morgan fingerprint density at radius 2 is 1.86 bits per heavy atom. The average molecular weight is 473 g/mol. The second kappa shape index (κ2) is 10.9. The number of benzene rings is 2. The third-order valence-corrected chi connectivity index (χ3v) is 6.48. The Kier molecular flexibility index (Phi) is 7.30. The van der Waals surface area contributed by atoms with E-state index in [1.807, 2.05) is 33.8 Å². The molecule has 2 aromatic carbocycles. The Morgan fingerprint density at radius 1 is 0.971 bits per heavy atom. The van der Waals surface area contributed by atoms with Gasteiger partial charge in [-0.1, -0.05) is 66.7 Å². The first-order chi connectivity index (χ1) is 17.2. The number of hydrogen-bond donors (Lipinski definition) is 0. The van der Waals surface area contributed by atoms with E-state index in [4.69, 9.17) is 9.47 Å². The molecule has 182 valence electrons. The quantitative estimate of drug-likeness (QED) is 0.364. The fraction of sp³-hybridized carbons (Fsp3) is 0.407. The Hall–Kier alpha value is -3.36. The first-order valence-electron chi connectivity index (χ1n) is 12.4. The van der Waals surface area contributed by atoms with Gasteiger partial charge >= 0.3 is 0 Å². The summed E-state index contributed by atoms with van der Waals surface area (Å²) in [5.41, 5.74) is 7.59. The monoisotopic (exact) mass is 472 g/mol. The molecule has 0 bridgehead atoms. The first-order valence-corrected chi connectivity index (χ1v) is 12.4. The van der Waals surface area contributed by atoms with Crippen molar-refractivity contribution in [1.29, 1.82) is 0 Å². The summed E-state index contributed by atoms with van der Waals surface area (Å²) in [7, 11) is 0. The molecule has 5 rings (SSSR count). The molecule has 35 heavy (non-hydrogen) atoms. The lowest BCUT2D eigenvalue weighted by Gasteiger charge is -2.22. The van der Waals surface area contributed by atoms with Crippen LogP contribution in [0.5, 0.6) is 0 Å². The normalized spacial score (nSPS) is 16.0. The minimum absolute atomic E-state index is 0.127. The fourth-order valence-electron chi connectivity index (χ4n) is 4.61. The van der Waals surface area contributed by atoms with E-state index in [0.717, 1.165) is 54.0 Å². The van der Waals surface area contributed by atoms with E-state index in [0.29, 0.717) is 26.4 Å². The van der Waals surface area contributed by atoms with Gasteiger partial charge in [-0.25, -0.2) is 9.36 Å². The summed E-state index contributed by atoms with van der Waals surface area (Å²) in [6, 6.07) is 16.8. The molecule has 0 saturated carbocycles. The highest BCUT2D eigenvalue weighted by atomic mass is 16.6. The molecule has 1 atom stereocenters. The van der Waals surface area contributed by atoms with Crippen molar-refractivity contribution in [2.75, 3.05) is 19.8 Å². The maximum atomic E-state index is 5.79. The molecule has 0 radical (unpaired) electrons. The van der Waals surface area contributed by atoms with Gasteiger partial charge in [0.15, 0.2) is 0 Å². The second-order valence-electron chi connectivity index (χ2n) is 8.83. The number of aryl methyl sites for hydroxylation is 2. The Balaban J connectivity index is 1.35. The first kappa shape index (κ1) is 23.4. The van der Waals surface area contributed by atoms with Crippen LogP contribution in [0, 0.1) is 0 Å². The van der Waals surface area contributed by atoms with Gasteiger partial charge in [0.25, 0.3) is 0 Å². The molecule has 8 nitrogen and oxygen atoms in total. The standard InChI is InChI=1S/C27H32N6O2/c1-3-21-16-22(27-26(4-2)33(31-29-27)13-12-23-19-34-14-15-35-23)10-11-24(21)25-18-32(30-28-25)17-20-8-6-5-7-9-20/h5-11,16,18,23H,3-4,12-15,17,19H2,1-2H3. The summed E-state index contributed by atoms with van der Waals surface area (Å²) in [5, 5.41) is 17.8. The van der Waals surface area contributed by atoms with Crippen LogP contribution in [0.15, 0.2) is 54.7 Å². The van der Waals surface area contributed by atoms with E-state index in [9.17, 15) is 0 Å². The minimum Gasteiger partial charge on any atom is -0.376 e. The average Bonchev–Trinajstić information content (AvgIpc) is 3.55. The van der Waals surface area contributed by atoms with Crippen LogP contribution in [0.3, 0.4) is 0 Å². The summed E-state index contributed by atoms with van der Waals surface area (Å²) in [5.74, 6) is 0. The van der Waals surface area contributed by atoms with Crippen molar-refractivity contribution in [3.63, 3.8) is 0 Å². The van der Waals surface area contributed by atoms with Crippen LogP contribution < -0.4 is 0 Å². The summed E-state index contributed by atoms with van der Waals surface area (Å²) in [6.07, 6.45) is 4.77. The zero-order valence-electron chi connectivity index (χ0n) is 20.4. The fourth-order valence-corrected chi connectivity index (χ4v) is 4.61. The molecule has 1 aliphatic heterocycles. The van der Waals surface area contributed by atoms with Crippen molar-refractivity contribution in [3.05, 3.63) is 71.5 Å². The van der Waals surface area contributed by atoms with E-state index >= 15 is 0 Å².